The van der Waals surface area contributed by atoms with Gasteiger partial charge in [-0.05, 0) is 58.2 Å². The second-order valence-electron chi connectivity index (χ2n) is 8.34. The molecule has 1 saturated heterocycles. The molecule has 0 radical (unpaired) electrons. The highest BCUT2D eigenvalue weighted by atomic mass is 19.1. The highest BCUT2D eigenvalue weighted by Gasteiger charge is 2.30. The number of rotatable bonds is 5. The molecule has 2 aromatic heterocycles. The monoisotopic (exact) mass is 425 g/mol. The molecule has 1 aliphatic heterocycles. The Morgan fingerprint density at radius 3 is 2.90 bits per heavy atom. The van der Waals surface area contributed by atoms with E-state index >= 15 is 0 Å². The summed E-state index contributed by atoms with van der Waals surface area (Å²) < 4.78 is 21.8. The molecule has 0 saturated carbocycles. The first-order valence-corrected chi connectivity index (χ1v) is 10.8. The lowest BCUT2D eigenvalue weighted by Crippen LogP contribution is -2.36. The van der Waals surface area contributed by atoms with Crippen LogP contribution in [0.15, 0.2) is 24.7 Å². The van der Waals surface area contributed by atoms with Crippen molar-refractivity contribution in [2.75, 3.05) is 24.6 Å². The van der Waals surface area contributed by atoms with Gasteiger partial charge in [0, 0.05) is 36.6 Å². The van der Waals surface area contributed by atoms with E-state index in [1.807, 2.05) is 6.92 Å². The number of esters is 1. The van der Waals surface area contributed by atoms with Crippen molar-refractivity contribution in [3.05, 3.63) is 47.4 Å². The van der Waals surface area contributed by atoms with Crippen molar-refractivity contribution in [1.29, 1.82) is 0 Å². The summed E-state index contributed by atoms with van der Waals surface area (Å²) >= 11 is 0. The van der Waals surface area contributed by atoms with Crippen LogP contribution in [0.1, 0.15) is 67.3 Å². The third-order valence-corrected chi connectivity index (χ3v) is 5.85. The van der Waals surface area contributed by atoms with Crippen LogP contribution in [0.4, 0.5) is 10.1 Å². The van der Waals surface area contributed by atoms with Crippen molar-refractivity contribution in [3.8, 4) is 0 Å². The first-order valence-electron chi connectivity index (χ1n) is 10.8. The summed E-state index contributed by atoms with van der Waals surface area (Å²) in [5.74, 6) is 0.313. The zero-order valence-corrected chi connectivity index (χ0v) is 18.4. The van der Waals surface area contributed by atoms with Crippen molar-refractivity contribution >= 4 is 22.6 Å². The number of carbonyl (C=O) groups is 1. The number of piperidine rings is 1. The Bertz CT molecular complexity index is 1110. The molecule has 4 rings (SSSR count). The predicted molar refractivity (Wildman–Crippen MR) is 117 cm³/mol. The molecule has 7 nitrogen and oxygen atoms in total. The number of halogens is 1. The van der Waals surface area contributed by atoms with Crippen LogP contribution in [0.25, 0.3) is 10.9 Å². The smallest absolute Gasteiger partial charge is 0.341 e. The molecule has 0 N–H and O–H groups in total. The number of aromatic nitrogens is 4. The van der Waals surface area contributed by atoms with Crippen molar-refractivity contribution in [2.45, 2.75) is 52.5 Å². The third-order valence-electron chi connectivity index (χ3n) is 5.85. The highest BCUT2D eigenvalue weighted by Crippen LogP contribution is 2.37. The first kappa shape index (κ1) is 21.2. The van der Waals surface area contributed by atoms with E-state index < -0.39 is 5.97 Å². The molecular weight excluding hydrogens is 397 g/mol. The molecule has 0 amide bonds. The number of fused-ring (bicyclic) bond motifs is 1. The van der Waals surface area contributed by atoms with E-state index in [9.17, 15) is 9.18 Å². The summed E-state index contributed by atoms with van der Waals surface area (Å²) in [5.41, 5.74) is 2.48. The normalized spacial score (nSPS) is 16.8. The number of hydrogen-bond donors (Lipinski definition) is 0. The fourth-order valence-corrected chi connectivity index (χ4v) is 4.45. The quantitative estimate of drug-likeness (QED) is 0.564. The number of anilines is 1. The Balaban J connectivity index is 1.82. The predicted octanol–water partition coefficient (Wildman–Crippen LogP) is 4.42. The van der Waals surface area contributed by atoms with Crippen LogP contribution in [0.5, 0.6) is 0 Å². The average Bonchev–Trinajstić information content (AvgIpc) is 3.23. The van der Waals surface area contributed by atoms with Crippen LogP contribution < -0.4 is 4.90 Å². The Morgan fingerprint density at radius 2 is 2.16 bits per heavy atom. The number of nitrogens with zero attached hydrogens (tertiary/aromatic N) is 5. The summed E-state index contributed by atoms with van der Waals surface area (Å²) in [7, 11) is 0. The molecule has 31 heavy (non-hydrogen) atoms. The maximum Gasteiger partial charge on any atom is 0.341 e. The minimum atomic E-state index is -0.443. The van der Waals surface area contributed by atoms with E-state index in [0.29, 0.717) is 28.7 Å². The van der Waals surface area contributed by atoms with E-state index in [1.165, 1.54) is 12.1 Å². The molecule has 3 aromatic rings. The fourth-order valence-electron chi connectivity index (χ4n) is 4.45. The Labute approximate surface area is 181 Å². The van der Waals surface area contributed by atoms with Crippen LogP contribution >= 0.6 is 0 Å². The summed E-state index contributed by atoms with van der Waals surface area (Å²) in [4.78, 5) is 19.4. The number of benzene rings is 1. The second-order valence-corrected chi connectivity index (χ2v) is 8.34. The minimum Gasteiger partial charge on any atom is -0.462 e. The zero-order valence-electron chi connectivity index (χ0n) is 18.4. The fraction of sp³-hybridized carbons (Fsp3) is 0.478. The Kier molecular flexibility index (Phi) is 5.89. The molecule has 1 atom stereocenters. The third kappa shape index (κ3) is 3.98. The number of pyridine rings is 1. The van der Waals surface area contributed by atoms with Gasteiger partial charge in [0.15, 0.2) is 0 Å². The van der Waals surface area contributed by atoms with Gasteiger partial charge in [0.2, 0.25) is 0 Å². The van der Waals surface area contributed by atoms with Crippen LogP contribution in [-0.2, 0) is 4.74 Å². The molecule has 1 aromatic carbocycles. The van der Waals surface area contributed by atoms with Crippen LogP contribution in [0.3, 0.4) is 0 Å². The van der Waals surface area contributed by atoms with Gasteiger partial charge < -0.3 is 14.2 Å². The Hall–Kier alpha value is -3.03. The standard InChI is InChI=1S/C23H28FN5O2/c1-5-31-23(30)19-11-25-20-15(4)9-17(24)10-18(20)21(19)28-8-6-7-16(12-28)22-27-26-13-29(22)14(2)3/h9-11,13-14,16H,5-8,12H2,1-4H3. The molecule has 1 unspecified atom stereocenters. The SMILES string of the molecule is CCOC(=O)c1cnc2c(C)cc(F)cc2c1N1CCCC(c2nncn2C(C)C)C1. The second kappa shape index (κ2) is 8.61. The number of ether oxygens (including phenoxy) is 1. The molecule has 0 spiro atoms. The zero-order chi connectivity index (χ0) is 22.1. The topological polar surface area (TPSA) is 73.1 Å². The summed E-state index contributed by atoms with van der Waals surface area (Å²) in [6.45, 7) is 9.49. The van der Waals surface area contributed by atoms with Crippen LogP contribution in [0.2, 0.25) is 0 Å². The summed E-state index contributed by atoms with van der Waals surface area (Å²) in [6.07, 6.45) is 5.23. The van der Waals surface area contributed by atoms with Gasteiger partial charge in [-0.15, -0.1) is 10.2 Å². The lowest BCUT2D eigenvalue weighted by atomic mass is 9.94. The highest BCUT2D eigenvalue weighted by molar-refractivity contribution is 6.06. The lowest BCUT2D eigenvalue weighted by molar-refractivity contribution is 0.0526. The van der Waals surface area contributed by atoms with Gasteiger partial charge in [-0.1, -0.05) is 0 Å². The van der Waals surface area contributed by atoms with Crippen molar-refractivity contribution < 1.29 is 13.9 Å². The van der Waals surface area contributed by atoms with Crippen molar-refractivity contribution in [3.63, 3.8) is 0 Å². The molecule has 0 aliphatic carbocycles. The van der Waals surface area contributed by atoms with Crippen LogP contribution in [-0.4, -0.2) is 45.4 Å². The van der Waals surface area contributed by atoms with Crippen molar-refractivity contribution in [1.82, 2.24) is 19.7 Å². The van der Waals surface area contributed by atoms with Gasteiger partial charge in [-0.2, -0.15) is 0 Å². The maximum atomic E-state index is 14.4. The van der Waals surface area contributed by atoms with E-state index in [1.54, 1.807) is 19.4 Å². The van der Waals surface area contributed by atoms with E-state index in [2.05, 4.69) is 38.5 Å². The maximum absolute atomic E-state index is 14.4. The molecular formula is C23H28FN5O2. The molecule has 164 valence electrons. The number of aryl methyl sites for hydroxylation is 1. The lowest BCUT2D eigenvalue weighted by Gasteiger charge is -2.35. The Morgan fingerprint density at radius 1 is 1.35 bits per heavy atom. The van der Waals surface area contributed by atoms with Gasteiger partial charge in [0.05, 0.1) is 17.8 Å². The molecule has 0 bridgehead atoms. The summed E-state index contributed by atoms with van der Waals surface area (Å²) in [6, 6.07) is 3.19. The molecule has 1 aliphatic rings. The van der Waals surface area contributed by atoms with Crippen LogP contribution in [0, 0.1) is 12.7 Å². The van der Waals surface area contributed by atoms with E-state index in [0.717, 1.165) is 30.8 Å². The van der Waals surface area contributed by atoms with Gasteiger partial charge in [-0.25, -0.2) is 9.18 Å². The number of carbonyl (C=O) groups excluding carboxylic acids is 1. The summed E-state index contributed by atoms with van der Waals surface area (Å²) in [5, 5.41) is 9.14. The largest absolute Gasteiger partial charge is 0.462 e. The molecule has 1 fully saturated rings. The molecule has 8 heteroatoms. The van der Waals surface area contributed by atoms with Gasteiger partial charge in [0.25, 0.3) is 0 Å². The van der Waals surface area contributed by atoms with Gasteiger partial charge in [0.1, 0.15) is 23.5 Å². The van der Waals surface area contributed by atoms with Crippen molar-refractivity contribution in [2.24, 2.45) is 0 Å². The minimum absolute atomic E-state index is 0.159. The van der Waals surface area contributed by atoms with Gasteiger partial charge >= 0.3 is 5.97 Å². The average molecular weight is 426 g/mol. The molecule has 3 heterocycles. The van der Waals surface area contributed by atoms with Gasteiger partial charge in [-0.3, -0.25) is 4.98 Å². The van der Waals surface area contributed by atoms with E-state index in [-0.39, 0.29) is 24.4 Å². The van der Waals surface area contributed by atoms with E-state index in [4.69, 9.17) is 4.74 Å². The number of hydrogen-bond acceptors (Lipinski definition) is 6. The first-order chi connectivity index (χ1) is 14.9.